The molecule has 172 valence electrons. The Hall–Kier alpha value is -2.88. The first kappa shape index (κ1) is 24.3. The van der Waals surface area contributed by atoms with Crippen LogP contribution in [-0.4, -0.2) is 24.1 Å². The number of carbonyl (C=O) groups excluding carboxylic acids is 2. The highest BCUT2D eigenvalue weighted by atomic mass is 79.9. The molecule has 9 heteroatoms. The smallest absolute Gasteiger partial charge is 0.279 e. The Morgan fingerprint density at radius 2 is 1.82 bits per heavy atom. The summed E-state index contributed by atoms with van der Waals surface area (Å²) in [7, 11) is 1.56. The van der Waals surface area contributed by atoms with Gasteiger partial charge < -0.3 is 14.8 Å². The van der Waals surface area contributed by atoms with E-state index in [4.69, 9.17) is 9.47 Å². The number of thioether (sulfide) groups is 1. The van der Waals surface area contributed by atoms with Gasteiger partial charge in [-0.05, 0) is 81.3 Å². The van der Waals surface area contributed by atoms with Crippen LogP contribution in [-0.2, 0) is 11.4 Å². The lowest BCUT2D eigenvalue weighted by molar-refractivity contribution is -0.115. The van der Waals surface area contributed by atoms with Crippen molar-refractivity contribution in [1.82, 2.24) is 5.32 Å². The highest BCUT2D eigenvalue weighted by Gasteiger charge is 2.25. The number of hydrogen-bond acceptors (Lipinski definition) is 5. The third-order valence-electron chi connectivity index (χ3n) is 4.72. The van der Waals surface area contributed by atoms with Crippen LogP contribution in [0.2, 0.25) is 0 Å². The van der Waals surface area contributed by atoms with Crippen LogP contribution in [0.25, 0.3) is 6.08 Å². The number of aliphatic imine (C=N–C) groups is 1. The molecule has 1 heterocycles. The first-order valence-corrected chi connectivity index (χ1v) is 12.5. The van der Waals surface area contributed by atoms with Crippen LogP contribution >= 0.6 is 43.6 Å². The predicted octanol–water partition coefficient (Wildman–Crippen LogP) is 6.20. The summed E-state index contributed by atoms with van der Waals surface area (Å²) in [5, 5.41) is 2.88. The summed E-state index contributed by atoms with van der Waals surface area (Å²) in [5.41, 5.74) is 2.20. The van der Waals surface area contributed by atoms with E-state index in [0.29, 0.717) is 33.0 Å². The SMILES string of the molecule is COc1cc(/C=C2\SC(=NC(=O)c3ccccc3)NC2=O)cc(Br)c1OCc1ccc(Br)cc1. The van der Waals surface area contributed by atoms with Gasteiger partial charge in [-0.3, -0.25) is 9.59 Å². The van der Waals surface area contributed by atoms with Crippen molar-refractivity contribution in [3.8, 4) is 11.5 Å². The summed E-state index contributed by atoms with van der Waals surface area (Å²) >= 11 is 8.07. The summed E-state index contributed by atoms with van der Waals surface area (Å²) in [4.78, 5) is 29.2. The maximum Gasteiger partial charge on any atom is 0.279 e. The number of methoxy groups -OCH3 is 1. The zero-order chi connectivity index (χ0) is 24.1. The summed E-state index contributed by atoms with van der Waals surface area (Å²) in [6.07, 6.45) is 1.71. The van der Waals surface area contributed by atoms with E-state index >= 15 is 0 Å². The van der Waals surface area contributed by atoms with Gasteiger partial charge in [0.25, 0.3) is 11.8 Å². The fourth-order valence-electron chi connectivity index (χ4n) is 3.07. The molecule has 0 atom stereocenters. The van der Waals surface area contributed by atoms with E-state index in [-0.39, 0.29) is 11.1 Å². The van der Waals surface area contributed by atoms with Gasteiger partial charge in [0.05, 0.1) is 16.5 Å². The topological polar surface area (TPSA) is 77.0 Å². The number of carbonyl (C=O) groups is 2. The molecule has 3 aromatic rings. The maximum absolute atomic E-state index is 12.4. The standard InChI is InChI=1S/C25H18Br2N2O4S/c1-32-20-12-16(11-19(27)22(20)33-14-15-7-9-18(26)10-8-15)13-21-24(31)29-25(34-21)28-23(30)17-5-3-2-4-6-17/h2-13H,14H2,1H3,(H,28,29,30,31)/b21-13-. The molecule has 0 saturated carbocycles. The molecule has 0 spiro atoms. The van der Waals surface area contributed by atoms with Crippen LogP contribution in [0.3, 0.4) is 0 Å². The molecule has 0 unspecified atom stereocenters. The molecule has 1 N–H and O–H groups in total. The van der Waals surface area contributed by atoms with Crippen LogP contribution in [0, 0.1) is 0 Å². The molecule has 0 aromatic heterocycles. The third-order valence-corrected chi connectivity index (χ3v) is 6.75. The molecule has 6 nitrogen and oxygen atoms in total. The van der Waals surface area contributed by atoms with Crippen LogP contribution < -0.4 is 14.8 Å². The van der Waals surface area contributed by atoms with Gasteiger partial charge in [-0.15, -0.1) is 0 Å². The van der Waals surface area contributed by atoms with Crippen molar-refractivity contribution in [2.75, 3.05) is 7.11 Å². The zero-order valence-corrected chi connectivity index (χ0v) is 21.9. The molecule has 2 amide bonds. The lowest BCUT2D eigenvalue weighted by Crippen LogP contribution is -2.20. The van der Waals surface area contributed by atoms with Crippen molar-refractivity contribution in [3.63, 3.8) is 0 Å². The van der Waals surface area contributed by atoms with Crippen molar-refractivity contribution >= 4 is 66.7 Å². The highest BCUT2D eigenvalue weighted by Crippen LogP contribution is 2.38. The van der Waals surface area contributed by atoms with Gasteiger partial charge in [-0.25, -0.2) is 0 Å². The van der Waals surface area contributed by atoms with E-state index in [1.54, 1.807) is 43.5 Å². The maximum atomic E-state index is 12.4. The Kier molecular flexibility index (Phi) is 7.87. The number of halogens is 2. The van der Waals surface area contributed by atoms with E-state index in [9.17, 15) is 9.59 Å². The molecule has 0 aliphatic carbocycles. The van der Waals surface area contributed by atoms with E-state index < -0.39 is 5.91 Å². The average Bonchev–Trinajstić information content (AvgIpc) is 3.17. The molecule has 1 fully saturated rings. The molecule has 4 rings (SSSR count). The first-order chi connectivity index (χ1) is 16.4. The van der Waals surface area contributed by atoms with Gasteiger partial charge in [0.2, 0.25) is 0 Å². The fourth-order valence-corrected chi connectivity index (χ4v) is 4.73. The Morgan fingerprint density at radius 3 is 2.53 bits per heavy atom. The third kappa shape index (κ3) is 5.97. The number of nitrogens with zero attached hydrogens (tertiary/aromatic N) is 1. The summed E-state index contributed by atoms with van der Waals surface area (Å²) in [5.74, 6) is 0.346. The predicted molar refractivity (Wildman–Crippen MR) is 141 cm³/mol. The van der Waals surface area contributed by atoms with Crippen LogP contribution in [0.5, 0.6) is 11.5 Å². The van der Waals surface area contributed by atoms with Crippen molar-refractivity contribution < 1.29 is 19.1 Å². The largest absolute Gasteiger partial charge is 0.493 e. The fraction of sp³-hybridized carbons (Fsp3) is 0.0800. The van der Waals surface area contributed by atoms with Crippen LogP contribution in [0.4, 0.5) is 0 Å². The molecule has 0 bridgehead atoms. The molecular weight excluding hydrogens is 584 g/mol. The number of amidine groups is 1. The van der Waals surface area contributed by atoms with Crippen molar-refractivity contribution in [1.29, 1.82) is 0 Å². The van der Waals surface area contributed by atoms with Gasteiger partial charge in [-0.1, -0.05) is 46.3 Å². The monoisotopic (exact) mass is 600 g/mol. The van der Waals surface area contributed by atoms with Crippen molar-refractivity contribution in [2.45, 2.75) is 6.61 Å². The molecule has 1 saturated heterocycles. The van der Waals surface area contributed by atoms with Gasteiger partial charge in [0.1, 0.15) is 6.61 Å². The molecule has 34 heavy (non-hydrogen) atoms. The minimum Gasteiger partial charge on any atom is -0.493 e. The first-order valence-electron chi connectivity index (χ1n) is 10.1. The van der Waals surface area contributed by atoms with Crippen molar-refractivity contribution in [2.24, 2.45) is 4.99 Å². The number of ether oxygens (including phenoxy) is 2. The minimum absolute atomic E-state index is 0.241. The van der Waals surface area contributed by atoms with Crippen LogP contribution in [0.1, 0.15) is 21.5 Å². The highest BCUT2D eigenvalue weighted by molar-refractivity contribution is 9.10. The average molecular weight is 602 g/mol. The summed E-state index contributed by atoms with van der Waals surface area (Å²) < 4.78 is 13.2. The Balaban J connectivity index is 1.51. The normalized spacial score (nSPS) is 15.4. The van der Waals surface area contributed by atoms with Crippen LogP contribution in [0.15, 0.2) is 85.6 Å². The van der Waals surface area contributed by atoms with Gasteiger partial charge in [0, 0.05) is 10.0 Å². The number of nitrogens with one attached hydrogen (secondary N) is 1. The number of rotatable bonds is 6. The molecular formula is C25H18Br2N2O4S. The number of amides is 2. The van der Waals surface area contributed by atoms with Gasteiger partial charge in [0.15, 0.2) is 16.7 Å². The molecule has 1 aliphatic heterocycles. The second-order valence-electron chi connectivity index (χ2n) is 7.10. The van der Waals surface area contributed by atoms with E-state index in [0.717, 1.165) is 27.4 Å². The molecule has 1 aliphatic rings. The van der Waals surface area contributed by atoms with Crippen molar-refractivity contribution in [3.05, 3.63) is 97.3 Å². The minimum atomic E-state index is -0.415. The molecule has 0 radical (unpaired) electrons. The lowest BCUT2D eigenvalue weighted by Gasteiger charge is -2.14. The lowest BCUT2D eigenvalue weighted by atomic mass is 10.2. The summed E-state index contributed by atoms with van der Waals surface area (Å²) in [6, 6.07) is 20.2. The Labute approximate surface area is 217 Å². The zero-order valence-electron chi connectivity index (χ0n) is 17.9. The second kappa shape index (κ2) is 11.0. The number of benzene rings is 3. The van der Waals surface area contributed by atoms with Gasteiger partial charge >= 0.3 is 0 Å². The Bertz CT molecular complexity index is 1290. The summed E-state index contributed by atoms with van der Waals surface area (Å²) in [6.45, 7) is 0.371. The Morgan fingerprint density at radius 1 is 1.09 bits per heavy atom. The second-order valence-corrected chi connectivity index (χ2v) is 9.90. The quantitative estimate of drug-likeness (QED) is 0.340. The number of hydrogen-bond donors (Lipinski definition) is 1. The van der Waals surface area contributed by atoms with E-state index in [1.165, 1.54) is 0 Å². The van der Waals surface area contributed by atoms with E-state index in [1.807, 2.05) is 36.4 Å². The molecule has 3 aromatic carbocycles. The van der Waals surface area contributed by atoms with E-state index in [2.05, 4.69) is 42.2 Å². The van der Waals surface area contributed by atoms with Gasteiger partial charge in [-0.2, -0.15) is 4.99 Å².